The maximum absolute atomic E-state index is 13.7. The number of aromatic amines is 1. The highest BCUT2D eigenvalue weighted by Crippen LogP contribution is 2.23. The molecule has 0 aliphatic rings. The molecular weight excluding hydrogens is 658 g/mol. The van der Waals surface area contributed by atoms with E-state index < -0.39 is 48.4 Å². The van der Waals surface area contributed by atoms with Gasteiger partial charge in [0, 0.05) is 11.8 Å². The zero-order valence-electron chi connectivity index (χ0n) is 28.2. The predicted octanol–water partition coefficient (Wildman–Crippen LogP) is 3.86. The summed E-state index contributed by atoms with van der Waals surface area (Å²) in [4.78, 5) is 64.7. The van der Waals surface area contributed by atoms with Crippen LogP contribution in [0.25, 0.3) is 21.9 Å². The van der Waals surface area contributed by atoms with Gasteiger partial charge >= 0.3 is 0 Å². The summed E-state index contributed by atoms with van der Waals surface area (Å²) < 4.78 is 0. The van der Waals surface area contributed by atoms with Gasteiger partial charge in [-0.1, -0.05) is 97.1 Å². The number of aliphatic hydroxyl groups is 1. The van der Waals surface area contributed by atoms with Gasteiger partial charge < -0.3 is 31.8 Å². The first-order chi connectivity index (χ1) is 25.2. The van der Waals surface area contributed by atoms with Crippen molar-refractivity contribution >= 4 is 45.6 Å². The summed E-state index contributed by atoms with van der Waals surface area (Å²) in [6.07, 6.45) is -1.52. The number of benzene rings is 4. The van der Waals surface area contributed by atoms with Gasteiger partial charge in [-0.2, -0.15) is 0 Å². The third kappa shape index (κ3) is 9.03. The number of amides is 4. The number of rotatable bonds is 15. The van der Waals surface area contributed by atoms with E-state index in [2.05, 4.69) is 25.9 Å². The highest BCUT2D eigenvalue weighted by Gasteiger charge is 2.30. The minimum absolute atomic E-state index is 0.000884. The van der Waals surface area contributed by atoms with E-state index in [1.807, 2.05) is 97.1 Å². The minimum Gasteiger partial charge on any atom is -0.391 e. The SMILES string of the molecule is NC(=O)C[C@H](NC(=O)c1ccc2ccccc2n1)C(=O)N[C@@H](Cc1ccccc1)[C@@H](O)CCC(=O)NC(c1ccccc1)c1nc2ccccc2[nH]1. The number of pyridine rings is 1. The number of hydrogen-bond donors (Lipinski definition) is 6. The van der Waals surface area contributed by atoms with E-state index in [-0.39, 0.29) is 30.9 Å². The topological polar surface area (TPSA) is 192 Å². The van der Waals surface area contributed by atoms with Crippen molar-refractivity contribution in [3.63, 3.8) is 0 Å². The maximum Gasteiger partial charge on any atom is 0.270 e. The Kier molecular flexibility index (Phi) is 11.3. The van der Waals surface area contributed by atoms with Crippen LogP contribution in [-0.4, -0.2) is 61.9 Å². The number of carbonyl (C=O) groups is 4. The van der Waals surface area contributed by atoms with E-state index in [1.54, 1.807) is 18.2 Å². The quantitative estimate of drug-likeness (QED) is 0.0938. The molecule has 7 N–H and O–H groups in total. The smallest absolute Gasteiger partial charge is 0.270 e. The van der Waals surface area contributed by atoms with Crippen LogP contribution in [0, 0.1) is 0 Å². The van der Waals surface area contributed by atoms with Gasteiger partial charge in [0.15, 0.2) is 0 Å². The molecule has 2 aromatic heterocycles. The fourth-order valence-corrected chi connectivity index (χ4v) is 6.05. The van der Waals surface area contributed by atoms with Gasteiger partial charge in [-0.3, -0.25) is 19.2 Å². The molecule has 4 aromatic carbocycles. The molecule has 4 amide bonds. The van der Waals surface area contributed by atoms with Crippen molar-refractivity contribution in [3.05, 3.63) is 144 Å². The Hall–Kier alpha value is -6.40. The molecule has 0 aliphatic heterocycles. The lowest BCUT2D eigenvalue weighted by molar-refractivity contribution is -0.128. The van der Waals surface area contributed by atoms with E-state index in [9.17, 15) is 24.3 Å². The molecule has 264 valence electrons. The first-order valence-electron chi connectivity index (χ1n) is 17.0. The number of imidazole rings is 1. The lowest BCUT2D eigenvalue weighted by Gasteiger charge is -2.27. The Morgan fingerprint density at radius 3 is 2.13 bits per heavy atom. The van der Waals surface area contributed by atoms with Crippen LogP contribution >= 0.6 is 0 Å². The standard InChI is InChI=1S/C40H39N7O5/c41-35(49)24-33(46-39(51)31-20-19-26-13-7-8-16-28(26)42-31)40(52)45-32(23-25-11-3-1-4-12-25)34(48)21-22-36(50)47-37(27-14-5-2-6-15-27)38-43-29-17-9-10-18-30(29)44-38/h1-20,32-34,37,48H,21-24H2,(H2,41,49)(H,43,44)(H,45,52)(H,46,51)(H,47,50)/t32-,33-,34-,37?/m0/s1. The fraction of sp³-hybridized carbons (Fsp3) is 0.200. The summed E-state index contributed by atoms with van der Waals surface area (Å²) in [6, 6.07) is 34.0. The second kappa shape index (κ2) is 16.5. The molecule has 0 bridgehead atoms. The van der Waals surface area contributed by atoms with Crippen molar-refractivity contribution in [2.24, 2.45) is 5.73 Å². The average Bonchev–Trinajstić information content (AvgIpc) is 3.60. The number of primary amides is 1. The number of nitrogens with one attached hydrogen (secondary N) is 4. The van der Waals surface area contributed by atoms with Crippen molar-refractivity contribution < 1.29 is 24.3 Å². The fourth-order valence-electron chi connectivity index (χ4n) is 6.05. The Morgan fingerprint density at radius 1 is 0.731 bits per heavy atom. The molecule has 1 unspecified atom stereocenters. The highest BCUT2D eigenvalue weighted by molar-refractivity contribution is 5.99. The molecule has 12 heteroatoms. The highest BCUT2D eigenvalue weighted by atomic mass is 16.3. The van der Waals surface area contributed by atoms with Crippen LogP contribution in [0.5, 0.6) is 0 Å². The van der Waals surface area contributed by atoms with Crippen molar-refractivity contribution in [1.82, 2.24) is 30.9 Å². The number of hydrogen-bond acceptors (Lipinski definition) is 7. The van der Waals surface area contributed by atoms with Crippen LogP contribution < -0.4 is 21.7 Å². The number of carbonyl (C=O) groups excluding carboxylic acids is 4. The van der Waals surface area contributed by atoms with E-state index in [0.717, 1.165) is 27.5 Å². The van der Waals surface area contributed by atoms with Crippen LogP contribution in [-0.2, 0) is 20.8 Å². The van der Waals surface area contributed by atoms with Gasteiger partial charge in [-0.05, 0) is 48.2 Å². The third-order valence-corrected chi connectivity index (χ3v) is 8.74. The number of H-pyrrole nitrogens is 1. The summed E-state index contributed by atoms with van der Waals surface area (Å²) in [5.41, 5.74) is 9.37. The Balaban J connectivity index is 1.15. The average molecular weight is 698 g/mol. The van der Waals surface area contributed by atoms with E-state index in [4.69, 9.17) is 10.7 Å². The lowest BCUT2D eigenvalue weighted by Crippen LogP contribution is -2.54. The van der Waals surface area contributed by atoms with Crippen LogP contribution in [0.15, 0.2) is 121 Å². The summed E-state index contributed by atoms with van der Waals surface area (Å²) in [5, 5.41) is 20.7. The molecule has 6 aromatic rings. The van der Waals surface area contributed by atoms with Gasteiger partial charge in [-0.15, -0.1) is 0 Å². The van der Waals surface area contributed by atoms with E-state index >= 15 is 0 Å². The minimum atomic E-state index is -1.34. The zero-order chi connectivity index (χ0) is 36.5. The molecule has 52 heavy (non-hydrogen) atoms. The zero-order valence-corrected chi connectivity index (χ0v) is 28.2. The first-order valence-corrected chi connectivity index (χ1v) is 17.0. The molecule has 2 heterocycles. The Bertz CT molecular complexity index is 2140. The molecular formula is C40H39N7O5. The van der Waals surface area contributed by atoms with Gasteiger partial charge in [0.1, 0.15) is 23.6 Å². The van der Waals surface area contributed by atoms with E-state index in [0.29, 0.717) is 11.3 Å². The normalized spacial score (nSPS) is 13.5. The Labute approximate surface area is 299 Å². The molecule has 0 spiro atoms. The second-order valence-corrected chi connectivity index (χ2v) is 12.5. The molecule has 0 aliphatic carbocycles. The predicted molar refractivity (Wildman–Crippen MR) is 197 cm³/mol. The lowest BCUT2D eigenvalue weighted by atomic mass is 9.97. The molecule has 0 saturated heterocycles. The maximum atomic E-state index is 13.7. The molecule has 0 radical (unpaired) electrons. The summed E-state index contributed by atoms with van der Waals surface area (Å²) in [6.45, 7) is 0. The van der Waals surface area contributed by atoms with Crippen LogP contribution in [0.4, 0.5) is 0 Å². The monoisotopic (exact) mass is 697 g/mol. The van der Waals surface area contributed by atoms with E-state index in [1.165, 1.54) is 6.07 Å². The third-order valence-electron chi connectivity index (χ3n) is 8.74. The number of aromatic nitrogens is 3. The van der Waals surface area contributed by atoms with Crippen LogP contribution in [0.1, 0.15) is 52.7 Å². The van der Waals surface area contributed by atoms with Crippen LogP contribution in [0.3, 0.4) is 0 Å². The number of fused-ring (bicyclic) bond motifs is 2. The summed E-state index contributed by atoms with van der Waals surface area (Å²) >= 11 is 0. The second-order valence-electron chi connectivity index (χ2n) is 12.5. The molecule has 12 nitrogen and oxygen atoms in total. The van der Waals surface area contributed by atoms with Gasteiger partial charge in [0.25, 0.3) is 5.91 Å². The van der Waals surface area contributed by atoms with Crippen molar-refractivity contribution in [1.29, 1.82) is 0 Å². The largest absolute Gasteiger partial charge is 0.391 e. The number of para-hydroxylation sites is 3. The molecule has 4 atom stereocenters. The number of nitrogens with two attached hydrogens (primary N) is 1. The molecule has 0 saturated carbocycles. The summed E-state index contributed by atoms with van der Waals surface area (Å²) in [7, 11) is 0. The molecule has 0 fully saturated rings. The van der Waals surface area contributed by atoms with Crippen molar-refractivity contribution in [2.75, 3.05) is 0 Å². The Morgan fingerprint density at radius 2 is 1.40 bits per heavy atom. The number of aliphatic hydroxyl groups excluding tert-OH is 1. The van der Waals surface area contributed by atoms with Crippen molar-refractivity contribution in [3.8, 4) is 0 Å². The van der Waals surface area contributed by atoms with Gasteiger partial charge in [-0.25, -0.2) is 9.97 Å². The number of nitrogens with zero attached hydrogens (tertiary/aromatic N) is 2. The van der Waals surface area contributed by atoms with Crippen molar-refractivity contribution in [2.45, 2.75) is 49.9 Å². The van der Waals surface area contributed by atoms with Gasteiger partial charge in [0.2, 0.25) is 17.7 Å². The van der Waals surface area contributed by atoms with Gasteiger partial charge in [0.05, 0.1) is 35.1 Å². The van der Waals surface area contributed by atoms with Crippen LogP contribution in [0.2, 0.25) is 0 Å². The first kappa shape index (κ1) is 35.4. The summed E-state index contributed by atoms with van der Waals surface area (Å²) in [5.74, 6) is -1.95. The molecule has 6 rings (SSSR count).